The zero-order valence-corrected chi connectivity index (χ0v) is 16.5. The van der Waals surface area contributed by atoms with E-state index in [0.717, 1.165) is 36.8 Å². The fraction of sp³-hybridized carbons (Fsp3) is 0.500. The monoisotopic (exact) mass is 408 g/mol. The molecule has 4 atom stereocenters. The van der Waals surface area contributed by atoms with Gasteiger partial charge in [0.1, 0.15) is 5.60 Å². The molecule has 6 rings (SSSR count). The number of fused-ring (bicyclic) bond motifs is 2. The Bertz CT molecular complexity index is 1130. The van der Waals surface area contributed by atoms with Crippen LogP contribution in [0.15, 0.2) is 35.1 Å². The molecule has 0 radical (unpaired) electrons. The lowest BCUT2D eigenvalue weighted by molar-refractivity contribution is -0.138. The van der Waals surface area contributed by atoms with Crippen LogP contribution in [0.5, 0.6) is 0 Å². The van der Waals surface area contributed by atoms with Crippen molar-refractivity contribution in [2.45, 2.75) is 50.0 Å². The first-order valence-corrected chi connectivity index (χ1v) is 10.7. The van der Waals surface area contributed by atoms with Crippen LogP contribution in [0.25, 0.3) is 11.0 Å². The zero-order chi connectivity index (χ0) is 20.5. The third-order valence-corrected chi connectivity index (χ3v) is 7.24. The molecule has 4 aliphatic rings. The summed E-state index contributed by atoms with van der Waals surface area (Å²) in [6, 6.07) is 5.81. The van der Waals surface area contributed by atoms with E-state index in [9.17, 15) is 14.4 Å². The maximum absolute atomic E-state index is 13.3. The molecule has 3 aliphatic heterocycles. The number of nitrogens with one attached hydrogen (secondary N) is 3. The number of nitrogens with zero attached hydrogens (tertiary/aromatic N) is 1. The van der Waals surface area contributed by atoms with Crippen LogP contribution in [0, 0.1) is 11.8 Å². The van der Waals surface area contributed by atoms with Crippen LogP contribution in [-0.2, 0) is 20.9 Å². The van der Waals surface area contributed by atoms with Crippen molar-refractivity contribution in [3.63, 3.8) is 0 Å². The SMILES string of the molecule is O=C(NCc1ccc2[nH]c(=O)[nH]c2c1)C1C2C=CC3(CN(C4CCCC4)C(=O)C13)O2. The molecular weight excluding hydrogens is 384 g/mol. The first-order valence-electron chi connectivity index (χ1n) is 10.7. The molecule has 1 spiro atoms. The molecule has 156 valence electrons. The number of H-pyrrole nitrogens is 2. The first kappa shape index (κ1) is 17.9. The first-order chi connectivity index (χ1) is 14.5. The number of hydrogen-bond acceptors (Lipinski definition) is 4. The Morgan fingerprint density at radius 1 is 1.20 bits per heavy atom. The second kappa shape index (κ2) is 6.31. The van der Waals surface area contributed by atoms with Crippen LogP contribution in [-0.4, -0.2) is 51.0 Å². The lowest BCUT2D eigenvalue weighted by Crippen LogP contribution is -2.44. The van der Waals surface area contributed by atoms with Crippen LogP contribution in [0.1, 0.15) is 31.2 Å². The van der Waals surface area contributed by atoms with Gasteiger partial charge in [-0.1, -0.05) is 31.1 Å². The van der Waals surface area contributed by atoms with E-state index in [1.807, 2.05) is 35.3 Å². The minimum absolute atomic E-state index is 0.0696. The van der Waals surface area contributed by atoms with E-state index in [0.29, 0.717) is 18.6 Å². The number of hydrogen-bond donors (Lipinski definition) is 3. The van der Waals surface area contributed by atoms with Crippen molar-refractivity contribution in [3.05, 3.63) is 46.4 Å². The lowest BCUT2D eigenvalue weighted by atomic mass is 9.77. The van der Waals surface area contributed by atoms with Gasteiger partial charge in [-0.3, -0.25) is 9.59 Å². The quantitative estimate of drug-likeness (QED) is 0.661. The van der Waals surface area contributed by atoms with Gasteiger partial charge >= 0.3 is 5.69 Å². The molecule has 3 fully saturated rings. The summed E-state index contributed by atoms with van der Waals surface area (Å²) in [5.74, 6) is -1.01. The number of amides is 2. The highest BCUT2D eigenvalue weighted by Gasteiger charge is 2.67. The van der Waals surface area contributed by atoms with Crippen LogP contribution in [0.3, 0.4) is 0 Å². The van der Waals surface area contributed by atoms with Gasteiger partial charge in [-0.05, 0) is 30.5 Å². The van der Waals surface area contributed by atoms with Gasteiger partial charge in [0.25, 0.3) is 0 Å². The van der Waals surface area contributed by atoms with E-state index in [4.69, 9.17) is 4.74 Å². The normalized spacial score (nSPS) is 32.5. The van der Waals surface area contributed by atoms with E-state index in [-0.39, 0.29) is 29.6 Å². The van der Waals surface area contributed by atoms with Gasteiger partial charge in [0, 0.05) is 12.6 Å². The Kier molecular flexibility index (Phi) is 3.78. The van der Waals surface area contributed by atoms with Gasteiger partial charge in [-0.15, -0.1) is 0 Å². The van der Waals surface area contributed by atoms with Gasteiger partial charge in [0.05, 0.1) is 35.5 Å². The lowest BCUT2D eigenvalue weighted by Gasteiger charge is -2.27. The summed E-state index contributed by atoms with van der Waals surface area (Å²) in [4.78, 5) is 45.3. The average molecular weight is 408 g/mol. The fourth-order valence-corrected chi connectivity index (χ4v) is 5.85. The maximum atomic E-state index is 13.3. The van der Waals surface area contributed by atoms with Crippen molar-refractivity contribution in [2.24, 2.45) is 11.8 Å². The fourth-order valence-electron chi connectivity index (χ4n) is 5.85. The van der Waals surface area contributed by atoms with E-state index < -0.39 is 17.4 Å². The van der Waals surface area contributed by atoms with Crippen molar-refractivity contribution in [2.75, 3.05) is 6.54 Å². The number of aromatic nitrogens is 2. The van der Waals surface area contributed by atoms with E-state index in [1.54, 1.807) is 0 Å². The molecule has 1 aromatic carbocycles. The molecule has 8 heteroatoms. The highest BCUT2D eigenvalue weighted by molar-refractivity contribution is 5.93. The van der Waals surface area contributed by atoms with E-state index in [2.05, 4.69) is 15.3 Å². The molecule has 3 N–H and O–H groups in total. The summed E-state index contributed by atoms with van der Waals surface area (Å²) < 4.78 is 6.21. The third-order valence-electron chi connectivity index (χ3n) is 7.24. The van der Waals surface area contributed by atoms with Crippen LogP contribution >= 0.6 is 0 Å². The van der Waals surface area contributed by atoms with E-state index in [1.165, 1.54) is 0 Å². The minimum Gasteiger partial charge on any atom is -0.360 e. The summed E-state index contributed by atoms with van der Waals surface area (Å²) >= 11 is 0. The smallest absolute Gasteiger partial charge is 0.323 e. The molecule has 2 bridgehead atoms. The number of carbonyl (C=O) groups excluding carboxylic acids is 2. The standard InChI is InChI=1S/C22H24N4O4/c27-19(23-10-12-5-6-14-15(9-12)25-21(29)24-14)17-16-7-8-22(30-16)11-26(20(28)18(17)22)13-3-1-2-4-13/h5-9,13,16-18H,1-4,10-11H2,(H,23,27)(H2,24,25,29). The maximum Gasteiger partial charge on any atom is 0.323 e. The Hall–Kier alpha value is -2.87. The van der Waals surface area contributed by atoms with Crippen LogP contribution < -0.4 is 11.0 Å². The molecule has 4 unspecified atom stereocenters. The predicted molar refractivity (Wildman–Crippen MR) is 108 cm³/mol. The second-order valence-corrected chi connectivity index (χ2v) is 8.98. The van der Waals surface area contributed by atoms with E-state index >= 15 is 0 Å². The van der Waals surface area contributed by atoms with Gasteiger partial charge in [0.2, 0.25) is 11.8 Å². The molecule has 4 heterocycles. The van der Waals surface area contributed by atoms with Crippen molar-refractivity contribution in [1.29, 1.82) is 0 Å². The molecule has 30 heavy (non-hydrogen) atoms. The van der Waals surface area contributed by atoms with Crippen LogP contribution in [0.2, 0.25) is 0 Å². The van der Waals surface area contributed by atoms with Gasteiger partial charge in [0.15, 0.2) is 0 Å². The Morgan fingerprint density at radius 3 is 2.83 bits per heavy atom. The molecule has 2 saturated heterocycles. The summed E-state index contributed by atoms with van der Waals surface area (Å²) in [5.41, 5.74) is 1.41. The molecule has 1 saturated carbocycles. The number of benzene rings is 1. The number of ether oxygens (including phenoxy) is 1. The Balaban J connectivity index is 1.20. The van der Waals surface area contributed by atoms with Crippen molar-refractivity contribution >= 4 is 22.8 Å². The number of rotatable bonds is 4. The highest BCUT2D eigenvalue weighted by atomic mass is 16.5. The van der Waals surface area contributed by atoms with Gasteiger partial charge in [-0.2, -0.15) is 0 Å². The number of carbonyl (C=O) groups is 2. The topological polar surface area (TPSA) is 107 Å². The van der Waals surface area contributed by atoms with Crippen LogP contribution in [0.4, 0.5) is 0 Å². The third kappa shape index (κ3) is 2.52. The van der Waals surface area contributed by atoms with Gasteiger partial charge < -0.3 is 24.9 Å². The largest absolute Gasteiger partial charge is 0.360 e. The molecule has 2 aromatic rings. The number of aromatic amines is 2. The molecule has 2 amide bonds. The second-order valence-electron chi connectivity index (χ2n) is 8.98. The minimum atomic E-state index is -0.643. The summed E-state index contributed by atoms with van der Waals surface area (Å²) in [5, 5.41) is 2.99. The molecule has 8 nitrogen and oxygen atoms in total. The summed E-state index contributed by atoms with van der Waals surface area (Å²) in [6.45, 7) is 0.893. The average Bonchev–Trinajstić information content (AvgIpc) is 3.52. The highest BCUT2D eigenvalue weighted by Crippen LogP contribution is 2.53. The van der Waals surface area contributed by atoms with Crippen molar-refractivity contribution in [3.8, 4) is 0 Å². The van der Waals surface area contributed by atoms with Crippen molar-refractivity contribution in [1.82, 2.24) is 20.2 Å². The Morgan fingerprint density at radius 2 is 2.00 bits per heavy atom. The molecular formula is C22H24N4O4. The van der Waals surface area contributed by atoms with Gasteiger partial charge in [-0.25, -0.2) is 4.79 Å². The van der Waals surface area contributed by atoms with Crippen molar-refractivity contribution < 1.29 is 14.3 Å². The Labute approximate surface area is 172 Å². The molecule has 1 aromatic heterocycles. The zero-order valence-electron chi connectivity index (χ0n) is 16.5. The number of imidazole rings is 1. The summed E-state index contributed by atoms with van der Waals surface area (Å²) in [7, 11) is 0. The number of likely N-dealkylation sites (tertiary alicyclic amines) is 1. The summed E-state index contributed by atoms with van der Waals surface area (Å²) in [6.07, 6.45) is 8.02. The molecule has 1 aliphatic carbocycles. The predicted octanol–water partition coefficient (Wildman–Crippen LogP) is 1.20.